The van der Waals surface area contributed by atoms with Crippen molar-refractivity contribution in [1.82, 2.24) is 9.88 Å². The summed E-state index contributed by atoms with van der Waals surface area (Å²) in [7, 11) is 0. The maximum absolute atomic E-state index is 13.0. The van der Waals surface area contributed by atoms with Gasteiger partial charge in [0.05, 0.1) is 16.5 Å². The molecule has 4 rings (SSSR count). The van der Waals surface area contributed by atoms with Gasteiger partial charge in [-0.25, -0.2) is 4.98 Å². The molecule has 7 heteroatoms. The van der Waals surface area contributed by atoms with Crippen LogP contribution in [0.15, 0.2) is 18.2 Å². The van der Waals surface area contributed by atoms with Gasteiger partial charge in [0.25, 0.3) is 5.91 Å². The molecule has 1 N–H and O–H groups in total. The van der Waals surface area contributed by atoms with Crippen molar-refractivity contribution in [3.8, 4) is 0 Å². The Bertz CT molecular complexity index is 1040. The van der Waals surface area contributed by atoms with Crippen LogP contribution < -0.4 is 5.32 Å². The number of aromatic nitrogens is 1. The molecule has 2 aliphatic rings. The number of likely N-dealkylation sites (tertiary alicyclic amines) is 1. The van der Waals surface area contributed by atoms with Crippen molar-refractivity contribution in [1.29, 1.82) is 0 Å². The van der Waals surface area contributed by atoms with Gasteiger partial charge in [0.2, 0.25) is 5.91 Å². The lowest BCUT2D eigenvalue weighted by Crippen LogP contribution is -2.43. The number of hydrogen-bond acceptors (Lipinski definition) is 5. The van der Waals surface area contributed by atoms with Crippen LogP contribution in [-0.4, -0.2) is 40.6 Å². The van der Waals surface area contributed by atoms with E-state index in [-0.39, 0.29) is 28.9 Å². The molecule has 1 saturated heterocycles. The van der Waals surface area contributed by atoms with Crippen LogP contribution in [0.1, 0.15) is 70.0 Å². The van der Waals surface area contributed by atoms with Crippen LogP contribution in [0.25, 0.3) is 0 Å². The largest absolute Gasteiger partial charge is 0.338 e. The smallest absolute Gasteiger partial charge is 0.253 e. The summed E-state index contributed by atoms with van der Waals surface area (Å²) >= 11 is 1.27. The predicted molar refractivity (Wildman–Crippen MR) is 122 cm³/mol. The van der Waals surface area contributed by atoms with E-state index < -0.39 is 0 Å². The number of fused-ring (bicyclic) bond motifs is 1. The first-order valence-electron chi connectivity index (χ1n) is 10.8. The van der Waals surface area contributed by atoms with E-state index in [0.717, 1.165) is 36.1 Å². The van der Waals surface area contributed by atoms with Gasteiger partial charge in [-0.1, -0.05) is 42.4 Å². The number of benzene rings is 1. The lowest BCUT2D eigenvalue weighted by Gasteiger charge is -2.32. The fraction of sp³-hybridized carbons (Fsp3) is 0.500. The highest BCUT2D eigenvalue weighted by Crippen LogP contribution is 2.38. The lowest BCUT2D eigenvalue weighted by molar-refractivity contribution is -0.121. The van der Waals surface area contributed by atoms with E-state index in [1.165, 1.54) is 11.3 Å². The van der Waals surface area contributed by atoms with Gasteiger partial charge >= 0.3 is 0 Å². The van der Waals surface area contributed by atoms with E-state index >= 15 is 0 Å². The van der Waals surface area contributed by atoms with Gasteiger partial charge in [-0.05, 0) is 50.7 Å². The van der Waals surface area contributed by atoms with E-state index in [4.69, 9.17) is 0 Å². The van der Waals surface area contributed by atoms with E-state index in [9.17, 15) is 14.4 Å². The van der Waals surface area contributed by atoms with Gasteiger partial charge in [-0.3, -0.25) is 14.4 Å². The third-order valence-corrected chi connectivity index (χ3v) is 7.07. The Balaban J connectivity index is 1.44. The summed E-state index contributed by atoms with van der Waals surface area (Å²) in [5.41, 5.74) is 3.47. The van der Waals surface area contributed by atoms with Crippen LogP contribution in [0.5, 0.6) is 0 Å². The van der Waals surface area contributed by atoms with Gasteiger partial charge < -0.3 is 10.2 Å². The summed E-state index contributed by atoms with van der Waals surface area (Å²) in [6.07, 6.45) is 2.77. The second-order valence-electron chi connectivity index (χ2n) is 9.69. The minimum absolute atomic E-state index is 0.0261. The van der Waals surface area contributed by atoms with Crippen LogP contribution in [-0.2, 0) is 11.2 Å². The normalized spacial score (nSPS) is 20.3. The Hall–Kier alpha value is -2.54. The van der Waals surface area contributed by atoms with Gasteiger partial charge in [0.1, 0.15) is 0 Å². The highest BCUT2D eigenvalue weighted by Gasteiger charge is 2.35. The zero-order valence-electron chi connectivity index (χ0n) is 18.6. The first-order chi connectivity index (χ1) is 14.6. The average molecular weight is 440 g/mol. The molecule has 2 amide bonds. The molecule has 1 fully saturated rings. The minimum Gasteiger partial charge on any atom is -0.338 e. The van der Waals surface area contributed by atoms with E-state index in [1.54, 1.807) is 4.90 Å². The summed E-state index contributed by atoms with van der Waals surface area (Å²) < 4.78 is 0. The molecule has 0 saturated carbocycles. The van der Waals surface area contributed by atoms with Crippen molar-refractivity contribution >= 4 is 34.1 Å². The van der Waals surface area contributed by atoms with E-state index in [1.807, 2.05) is 32.0 Å². The number of carbonyl (C=O) groups is 3. The highest BCUT2D eigenvalue weighted by atomic mass is 32.1. The summed E-state index contributed by atoms with van der Waals surface area (Å²) in [5, 5.41) is 3.40. The number of aryl methyl sites for hydroxylation is 2. The molecule has 1 atom stereocenters. The monoisotopic (exact) mass is 439 g/mol. The van der Waals surface area contributed by atoms with Crippen LogP contribution >= 0.6 is 11.3 Å². The van der Waals surface area contributed by atoms with Crippen LogP contribution in [0.3, 0.4) is 0 Å². The molecule has 1 aromatic heterocycles. The van der Waals surface area contributed by atoms with Crippen molar-refractivity contribution in [2.24, 2.45) is 11.3 Å². The number of nitrogens with one attached hydrogen (secondary N) is 1. The zero-order valence-corrected chi connectivity index (χ0v) is 19.4. The molecule has 1 aromatic carbocycles. The van der Waals surface area contributed by atoms with Gasteiger partial charge in [-0.15, -0.1) is 0 Å². The van der Waals surface area contributed by atoms with Crippen molar-refractivity contribution in [3.63, 3.8) is 0 Å². The number of Topliss-reactive ketones (excluding diaryl/α,β-unsaturated/α-hetero) is 1. The second-order valence-corrected chi connectivity index (χ2v) is 10.7. The van der Waals surface area contributed by atoms with Crippen molar-refractivity contribution < 1.29 is 14.4 Å². The third kappa shape index (κ3) is 4.71. The molecule has 31 heavy (non-hydrogen) atoms. The van der Waals surface area contributed by atoms with Gasteiger partial charge in [0, 0.05) is 25.1 Å². The summed E-state index contributed by atoms with van der Waals surface area (Å²) in [6, 6.07) is 5.85. The molecule has 1 aliphatic carbocycles. The Morgan fingerprint density at radius 1 is 1.16 bits per heavy atom. The molecule has 1 aliphatic heterocycles. The van der Waals surface area contributed by atoms with Crippen molar-refractivity contribution in [2.45, 2.75) is 53.4 Å². The SMILES string of the molecule is Cc1cc(C)cc(C(=O)N2CCCC(C(=O)Nc3nc4c(s3)C(=O)CC(C)(C)C4)C2)c1. The molecule has 6 nitrogen and oxygen atoms in total. The standard InChI is InChI=1S/C24H29N3O3S/c1-14-8-15(2)10-17(9-14)22(30)27-7-5-6-16(13-27)21(29)26-23-25-18-11-24(3,4)12-19(28)20(18)31-23/h8-10,16H,5-7,11-13H2,1-4H3,(H,25,26,29). The van der Waals surface area contributed by atoms with Crippen LogP contribution in [0, 0.1) is 25.2 Å². The topological polar surface area (TPSA) is 79.4 Å². The Morgan fingerprint density at radius 2 is 1.87 bits per heavy atom. The van der Waals surface area contributed by atoms with Crippen LogP contribution in [0.2, 0.25) is 0 Å². The van der Waals surface area contributed by atoms with Gasteiger partial charge in [-0.2, -0.15) is 0 Å². The number of carbonyl (C=O) groups excluding carboxylic acids is 3. The highest BCUT2D eigenvalue weighted by molar-refractivity contribution is 7.17. The Labute approximate surface area is 187 Å². The zero-order chi connectivity index (χ0) is 22.3. The fourth-order valence-corrected chi connectivity index (χ4v) is 5.56. The molecule has 0 spiro atoms. The van der Waals surface area contributed by atoms with Crippen molar-refractivity contribution in [2.75, 3.05) is 18.4 Å². The summed E-state index contributed by atoms with van der Waals surface area (Å²) in [4.78, 5) is 45.3. The quantitative estimate of drug-likeness (QED) is 0.768. The number of ketones is 1. The fourth-order valence-electron chi connectivity index (χ4n) is 4.64. The molecule has 2 aromatic rings. The van der Waals surface area contributed by atoms with E-state index in [0.29, 0.717) is 35.1 Å². The maximum atomic E-state index is 13.0. The van der Waals surface area contributed by atoms with E-state index in [2.05, 4.69) is 24.1 Å². The molecular weight excluding hydrogens is 410 g/mol. The minimum atomic E-state index is -0.281. The number of anilines is 1. The number of piperidine rings is 1. The average Bonchev–Trinajstić information content (AvgIpc) is 3.08. The number of rotatable bonds is 3. The van der Waals surface area contributed by atoms with Gasteiger partial charge in [0.15, 0.2) is 10.9 Å². The number of nitrogens with zero attached hydrogens (tertiary/aromatic N) is 2. The Kier molecular flexibility index (Phi) is 5.73. The van der Waals surface area contributed by atoms with Crippen LogP contribution in [0.4, 0.5) is 5.13 Å². The third-order valence-electron chi connectivity index (χ3n) is 6.01. The summed E-state index contributed by atoms with van der Waals surface area (Å²) in [6.45, 7) is 9.15. The summed E-state index contributed by atoms with van der Waals surface area (Å²) in [5.74, 6) is -0.332. The molecular formula is C24H29N3O3S. The predicted octanol–water partition coefficient (Wildman–Crippen LogP) is 4.41. The van der Waals surface area contributed by atoms with Crippen molar-refractivity contribution in [3.05, 3.63) is 45.5 Å². The number of thiazole rings is 1. The first-order valence-corrected chi connectivity index (χ1v) is 11.6. The second kappa shape index (κ2) is 8.19. The maximum Gasteiger partial charge on any atom is 0.253 e. The first kappa shape index (κ1) is 21.7. The number of amides is 2. The molecule has 1 unspecified atom stereocenters. The lowest BCUT2D eigenvalue weighted by atomic mass is 9.78. The molecule has 164 valence electrons. The Morgan fingerprint density at radius 3 is 2.58 bits per heavy atom. The molecule has 0 bridgehead atoms. The molecule has 2 heterocycles. The number of hydrogen-bond donors (Lipinski definition) is 1. The molecule has 0 radical (unpaired) electrons.